The van der Waals surface area contributed by atoms with Crippen LogP contribution in [0.3, 0.4) is 0 Å². The Morgan fingerprint density at radius 3 is 3.00 bits per heavy atom. The zero-order chi connectivity index (χ0) is 17.2. The van der Waals surface area contributed by atoms with E-state index in [4.69, 9.17) is 4.74 Å². The van der Waals surface area contributed by atoms with Gasteiger partial charge in [-0.25, -0.2) is 4.98 Å². The van der Waals surface area contributed by atoms with Crippen LogP contribution in [0.5, 0.6) is 0 Å². The van der Waals surface area contributed by atoms with Crippen molar-refractivity contribution in [2.24, 2.45) is 5.92 Å². The maximum absolute atomic E-state index is 12.3. The summed E-state index contributed by atoms with van der Waals surface area (Å²) >= 11 is 0. The number of rotatable bonds is 8. The second-order valence-corrected chi connectivity index (χ2v) is 6.14. The predicted octanol–water partition coefficient (Wildman–Crippen LogP) is 2.47. The molecule has 1 fully saturated rings. The van der Waals surface area contributed by atoms with E-state index in [9.17, 15) is 9.59 Å². The highest BCUT2D eigenvalue weighted by atomic mass is 16.5. The van der Waals surface area contributed by atoms with Crippen molar-refractivity contribution in [1.82, 2.24) is 9.88 Å². The van der Waals surface area contributed by atoms with E-state index in [2.05, 4.69) is 17.2 Å². The number of hydrogen-bond donors (Lipinski definition) is 1. The van der Waals surface area contributed by atoms with E-state index in [1.54, 1.807) is 23.2 Å². The van der Waals surface area contributed by atoms with Gasteiger partial charge in [-0.2, -0.15) is 0 Å². The molecule has 1 atom stereocenters. The first-order chi connectivity index (χ1) is 11.7. The number of carbonyl (C=O) groups excluding carboxylic acids is 2. The second kappa shape index (κ2) is 10.0. The van der Waals surface area contributed by atoms with E-state index in [1.807, 2.05) is 6.07 Å². The van der Waals surface area contributed by atoms with Crippen LogP contribution in [0.15, 0.2) is 24.4 Å². The molecule has 0 saturated carbocycles. The van der Waals surface area contributed by atoms with E-state index in [0.717, 1.165) is 32.1 Å². The Labute approximate surface area is 143 Å². The summed E-state index contributed by atoms with van der Waals surface area (Å²) < 4.78 is 5.44. The smallest absolute Gasteiger partial charge is 0.248 e. The molecule has 1 unspecified atom stereocenters. The summed E-state index contributed by atoms with van der Waals surface area (Å²) in [6, 6.07) is 5.39. The molecule has 24 heavy (non-hydrogen) atoms. The Kier molecular flexibility index (Phi) is 7.68. The first kappa shape index (κ1) is 18.4. The SMILES string of the molecule is CCCCCOCC(=O)N1CCCC(C(=O)Nc2ccccn2)C1. The Balaban J connectivity index is 1.76. The minimum Gasteiger partial charge on any atom is -0.372 e. The summed E-state index contributed by atoms with van der Waals surface area (Å²) in [6.07, 6.45) is 6.51. The number of amides is 2. The molecule has 1 aliphatic rings. The first-order valence-corrected chi connectivity index (χ1v) is 8.78. The fourth-order valence-electron chi connectivity index (χ4n) is 2.79. The molecule has 6 nitrogen and oxygen atoms in total. The molecule has 1 aliphatic heterocycles. The van der Waals surface area contributed by atoms with Gasteiger partial charge in [0.05, 0.1) is 5.92 Å². The van der Waals surface area contributed by atoms with Gasteiger partial charge in [0.25, 0.3) is 0 Å². The zero-order valence-corrected chi connectivity index (χ0v) is 14.4. The summed E-state index contributed by atoms with van der Waals surface area (Å²) in [7, 11) is 0. The number of carbonyl (C=O) groups is 2. The van der Waals surface area contributed by atoms with E-state index >= 15 is 0 Å². The van der Waals surface area contributed by atoms with Gasteiger partial charge in [0.2, 0.25) is 11.8 Å². The van der Waals surface area contributed by atoms with Crippen LogP contribution in [0.1, 0.15) is 39.0 Å². The fraction of sp³-hybridized carbons (Fsp3) is 0.611. The highest BCUT2D eigenvalue weighted by Crippen LogP contribution is 2.18. The number of unbranched alkanes of at least 4 members (excludes halogenated alkanes) is 2. The summed E-state index contributed by atoms with van der Waals surface area (Å²) in [5.74, 6) is 0.256. The fourth-order valence-corrected chi connectivity index (χ4v) is 2.79. The molecule has 0 bridgehead atoms. The van der Waals surface area contributed by atoms with Crippen LogP contribution in [0.25, 0.3) is 0 Å². The van der Waals surface area contributed by atoms with Crippen LogP contribution in [0.2, 0.25) is 0 Å². The number of ether oxygens (including phenoxy) is 1. The van der Waals surface area contributed by atoms with Crippen molar-refractivity contribution in [3.63, 3.8) is 0 Å². The topological polar surface area (TPSA) is 71.5 Å². The van der Waals surface area contributed by atoms with Gasteiger partial charge in [0.1, 0.15) is 12.4 Å². The highest BCUT2D eigenvalue weighted by Gasteiger charge is 2.28. The van der Waals surface area contributed by atoms with Crippen LogP contribution in [0, 0.1) is 5.92 Å². The number of nitrogens with zero attached hydrogens (tertiary/aromatic N) is 2. The molecule has 1 aromatic rings. The third kappa shape index (κ3) is 5.92. The molecule has 0 spiro atoms. The lowest BCUT2D eigenvalue weighted by atomic mass is 9.97. The highest BCUT2D eigenvalue weighted by molar-refractivity contribution is 5.92. The van der Waals surface area contributed by atoms with Crippen molar-refractivity contribution in [2.45, 2.75) is 39.0 Å². The van der Waals surface area contributed by atoms with Crippen molar-refractivity contribution in [3.05, 3.63) is 24.4 Å². The number of anilines is 1. The Bertz CT molecular complexity index is 522. The molecule has 1 N–H and O–H groups in total. The van der Waals surface area contributed by atoms with E-state index in [0.29, 0.717) is 25.5 Å². The number of pyridine rings is 1. The lowest BCUT2D eigenvalue weighted by Gasteiger charge is -2.32. The predicted molar refractivity (Wildman–Crippen MR) is 92.5 cm³/mol. The Hall–Kier alpha value is -1.95. The van der Waals surface area contributed by atoms with Gasteiger partial charge in [-0.3, -0.25) is 9.59 Å². The van der Waals surface area contributed by atoms with Crippen LogP contribution >= 0.6 is 0 Å². The van der Waals surface area contributed by atoms with E-state index in [1.165, 1.54) is 0 Å². The summed E-state index contributed by atoms with van der Waals surface area (Å²) in [6.45, 7) is 4.02. The van der Waals surface area contributed by atoms with Crippen molar-refractivity contribution < 1.29 is 14.3 Å². The number of nitrogens with one attached hydrogen (secondary N) is 1. The summed E-state index contributed by atoms with van der Waals surface area (Å²) in [5, 5.41) is 2.82. The normalized spacial score (nSPS) is 17.5. The molecule has 2 rings (SSSR count). The van der Waals surface area contributed by atoms with Crippen LogP contribution in [-0.2, 0) is 14.3 Å². The molecular formula is C18H27N3O3. The van der Waals surface area contributed by atoms with Crippen molar-refractivity contribution >= 4 is 17.6 Å². The molecule has 0 aromatic carbocycles. The van der Waals surface area contributed by atoms with E-state index < -0.39 is 0 Å². The molecular weight excluding hydrogens is 306 g/mol. The minimum absolute atomic E-state index is 0.0261. The Morgan fingerprint density at radius 1 is 1.38 bits per heavy atom. The number of aromatic nitrogens is 1. The van der Waals surface area contributed by atoms with Crippen LogP contribution in [-0.4, -0.2) is 48.0 Å². The summed E-state index contributed by atoms with van der Waals surface area (Å²) in [5.41, 5.74) is 0. The zero-order valence-electron chi connectivity index (χ0n) is 14.4. The standard InChI is InChI=1S/C18H27N3O3/c1-2-3-6-12-24-14-17(22)21-11-7-8-15(13-21)18(23)20-16-9-4-5-10-19-16/h4-5,9-10,15H,2-3,6-8,11-14H2,1H3,(H,19,20,23). The number of hydrogen-bond acceptors (Lipinski definition) is 4. The van der Waals surface area contributed by atoms with Crippen molar-refractivity contribution in [2.75, 3.05) is 31.6 Å². The van der Waals surface area contributed by atoms with Crippen LogP contribution < -0.4 is 5.32 Å². The molecule has 2 heterocycles. The molecule has 0 aliphatic carbocycles. The third-order valence-electron chi connectivity index (χ3n) is 4.18. The van der Waals surface area contributed by atoms with Crippen molar-refractivity contribution in [3.8, 4) is 0 Å². The lowest BCUT2D eigenvalue weighted by molar-refractivity contribution is -0.139. The number of likely N-dealkylation sites (tertiary alicyclic amines) is 1. The third-order valence-corrected chi connectivity index (χ3v) is 4.18. The van der Waals surface area contributed by atoms with Crippen molar-refractivity contribution in [1.29, 1.82) is 0 Å². The van der Waals surface area contributed by atoms with Gasteiger partial charge in [0, 0.05) is 25.9 Å². The van der Waals surface area contributed by atoms with Gasteiger partial charge < -0.3 is 15.0 Å². The average molecular weight is 333 g/mol. The van der Waals surface area contributed by atoms with Gasteiger partial charge in [0.15, 0.2) is 0 Å². The lowest BCUT2D eigenvalue weighted by Crippen LogP contribution is -2.45. The van der Waals surface area contributed by atoms with Gasteiger partial charge >= 0.3 is 0 Å². The molecule has 6 heteroatoms. The second-order valence-electron chi connectivity index (χ2n) is 6.14. The largest absolute Gasteiger partial charge is 0.372 e. The van der Waals surface area contributed by atoms with Crippen LogP contribution in [0.4, 0.5) is 5.82 Å². The quantitative estimate of drug-likeness (QED) is 0.742. The molecule has 132 valence electrons. The monoisotopic (exact) mass is 333 g/mol. The number of piperidine rings is 1. The van der Waals surface area contributed by atoms with Gasteiger partial charge in [-0.1, -0.05) is 25.8 Å². The van der Waals surface area contributed by atoms with Gasteiger partial charge in [-0.05, 0) is 31.4 Å². The minimum atomic E-state index is -0.190. The molecule has 1 aromatic heterocycles. The molecule has 1 saturated heterocycles. The molecule has 2 amide bonds. The Morgan fingerprint density at radius 2 is 2.25 bits per heavy atom. The van der Waals surface area contributed by atoms with Gasteiger partial charge in [-0.15, -0.1) is 0 Å². The van der Waals surface area contributed by atoms with E-state index in [-0.39, 0.29) is 24.3 Å². The first-order valence-electron chi connectivity index (χ1n) is 8.78. The molecule has 0 radical (unpaired) electrons. The maximum Gasteiger partial charge on any atom is 0.248 e. The summed E-state index contributed by atoms with van der Waals surface area (Å²) in [4.78, 5) is 30.4. The maximum atomic E-state index is 12.3. The average Bonchev–Trinajstić information content (AvgIpc) is 2.62.